The molecule has 170 valence electrons. The minimum absolute atomic E-state index is 0.00114. The summed E-state index contributed by atoms with van der Waals surface area (Å²) in [6.07, 6.45) is 2.70. The van der Waals surface area contributed by atoms with Gasteiger partial charge in [0.2, 0.25) is 5.91 Å². The molecule has 1 amide bonds. The second kappa shape index (κ2) is 10.1. The summed E-state index contributed by atoms with van der Waals surface area (Å²) in [6.45, 7) is 9.98. The molecule has 0 aliphatic heterocycles. The molecule has 1 N–H and O–H groups in total. The summed E-state index contributed by atoms with van der Waals surface area (Å²) in [5, 5.41) is 4.34. The third-order valence-electron chi connectivity index (χ3n) is 6.21. The zero-order valence-corrected chi connectivity index (χ0v) is 20.1. The maximum Gasteiger partial charge on any atom is 0.220 e. The zero-order chi connectivity index (χ0) is 23.4. The van der Waals surface area contributed by atoms with Crippen LogP contribution in [0.25, 0.3) is 10.9 Å². The summed E-state index contributed by atoms with van der Waals surface area (Å²) in [5.74, 6) is 0.537. The fraction of sp³-hybridized carbons (Fsp3) is 0.300. The Labute approximate surface area is 197 Å². The molecular formula is C30H34N2O. The Morgan fingerprint density at radius 2 is 1.67 bits per heavy atom. The third kappa shape index (κ3) is 5.54. The van der Waals surface area contributed by atoms with Gasteiger partial charge in [-0.05, 0) is 42.5 Å². The minimum atomic E-state index is 0.00114. The van der Waals surface area contributed by atoms with Crippen molar-refractivity contribution in [3.8, 4) is 0 Å². The Morgan fingerprint density at radius 3 is 2.39 bits per heavy atom. The van der Waals surface area contributed by atoms with Gasteiger partial charge in [0.25, 0.3) is 0 Å². The lowest BCUT2D eigenvalue weighted by molar-refractivity contribution is -0.121. The molecule has 0 spiro atoms. The molecule has 1 heterocycles. The summed E-state index contributed by atoms with van der Waals surface area (Å²) >= 11 is 0. The second-order valence-corrected chi connectivity index (χ2v) is 9.58. The van der Waals surface area contributed by atoms with Gasteiger partial charge in [0.1, 0.15) is 0 Å². The number of nitrogens with one attached hydrogen (secondary N) is 1. The van der Waals surface area contributed by atoms with Gasteiger partial charge < -0.3 is 9.88 Å². The Kier molecular flexibility index (Phi) is 6.98. The number of fused-ring (bicyclic) bond motifs is 1. The SMILES string of the molecule is Cc1ccc(Cn2cc([C@H](CC(=O)NCC(C)C)c3cccc(C)c3)c3ccccc32)cc1. The quantitative estimate of drug-likeness (QED) is 0.330. The smallest absolute Gasteiger partial charge is 0.220 e. The van der Waals surface area contributed by atoms with E-state index in [0.29, 0.717) is 18.9 Å². The van der Waals surface area contributed by atoms with Crippen LogP contribution in [0.5, 0.6) is 0 Å². The van der Waals surface area contributed by atoms with E-state index in [1.165, 1.54) is 38.7 Å². The van der Waals surface area contributed by atoms with Crippen molar-refractivity contribution >= 4 is 16.8 Å². The Hall–Kier alpha value is -3.33. The number of nitrogens with zero attached hydrogens (tertiary/aromatic N) is 1. The molecule has 4 rings (SSSR count). The van der Waals surface area contributed by atoms with Crippen molar-refractivity contribution in [3.05, 3.63) is 107 Å². The zero-order valence-electron chi connectivity index (χ0n) is 20.1. The normalized spacial score (nSPS) is 12.3. The average Bonchev–Trinajstić information content (AvgIpc) is 3.16. The molecule has 0 aliphatic rings. The topological polar surface area (TPSA) is 34.0 Å². The molecule has 0 fully saturated rings. The van der Waals surface area contributed by atoms with Crippen LogP contribution in [-0.2, 0) is 11.3 Å². The van der Waals surface area contributed by atoms with Crippen LogP contribution in [0.15, 0.2) is 79.0 Å². The maximum absolute atomic E-state index is 12.9. The van der Waals surface area contributed by atoms with E-state index < -0.39 is 0 Å². The van der Waals surface area contributed by atoms with Crippen LogP contribution in [0.2, 0.25) is 0 Å². The number of aromatic nitrogens is 1. The van der Waals surface area contributed by atoms with Gasteiger partial charge in [0.05, 0.1) is 0 Å². The summed E-state index contributed by atoms with van der Waals surface area (Å²) in [7, 11) is 0. The van der Waals surface area contributed by atoms with Gasteiger partial charge in [0.15, 0.2) is 0 Å². The van der Waals surface area contributed by atoms with Gasteiger partial charge in [-0.3, -0.25) is 4.79 Å². The molecule has 0 saturated carbocycles. The predicted octanol–water partition coefficient (Wildman–Crippen LogP) is 6.60. The highest BCUT2D eigenvalue weighted by molar-refractivity contribution is 5.86. The number of benzene rings is 3. The molecule has 4 aromatic rings. The lowest BCUT2D eigenvalue weighted by atomic mass is 9.87. The van der Waals surface area contributed by atoms with Crippen molar-refractivity contribution in [2.45, 2.75) is 46.6 Å². The van der Waals surface area contributed by atoms with Gasteiger partial charge in [-0.1, -0.05) is 91.7 Å². The Bertz CT molecular complexity index is 1230. The van der Waals surface area contributed by atoms with Gasteiger partial charge in [-0.25, -0.2) is 0 Å². The third-order valence-corrected chi connectivity index (χ3v) is 6.21. The molecule has 1 atom stereocenters. The van der Waals surface area contributed by atoms with Crippen LogP contribution in [0.1, 0.15) is 54.0 Å². The van der Waals surface area contributed by atoms with Crippen LogP contribution in [0, 0.1) is 19.8 Å². The molecule has 3 heteroatoms. The molecule has 33 heavy (non-hydrogen) atoms. The Morgan fingerprint density at radius 1 is 0.909 bits per heavy atom. The van der Waals surface area contributed by atoms with Gasteiger partial charge in [-0.2, -0.15) is 0 Å². The number of hydrogen-bond acceptors (Lipinski definition) is 1. The molecule has 0 bridgehead atoms. The average molecular weight is 439 g/mol. The highest BCUT2D eigenvalue weighted by Crippen LogP contribution is 2.35. The molecule has 0 radical (unpaired) electrons. The first-order chi connectivity index (χ1) is 15.9. The summed E-state index contributed by atoms with van der Waals surface area (Å²) in [6, 6.07) is 25.8. The second-order valence-electron chi connectivity index (χ2n) is 9.58. The number of para-hydroxylation sites is 1. The molecule has 3 aromatic carbocycles. The van der Waals surface area contributed by atoms with Crippen molar-refractivity contribution in [1.29, 1.82) is 0 Å². The number of rotatable bonds is 8. The first-order valence-electron chi connectivity index (χ1n) is 11.9. The van der Waals surface area contributed by atoms with Crippen LogP contribution in [-0.4, -0.2) is 17.0 Å². The minimum Gasteiger partial charge on any atom is -0.356 e. The first kappa shape index (κ1) is 22.8. The van der Waals surface area contributed by atoms with Gasteiger partial charge >= 0.3 is 0 Å². The van der Waals surface area contributed by atoms with Crippen molar-refractivity contribution in [1.82, 2.24) is 9.88 Å². The highest BCUT2D eigenvalue weighted by Gasteiger charge is 2.23. The van der Waals surface area contributed by atoms with E-state index in [2.05, 4.69) is 117 Å². The van der Waals surface area contributed by atoms with Crippen LogP contribution in [0.4, 0.5) is 0 Å². The first-order valence-corrected chi connectivity index (χ1v) is 11.9. The number of carbonyl (C=O) groups is 1. The summed E-state index contributed by atoms with van der Waals surface area (Å²) in [5.41, 5.74) is 7.35. The highest BCUT2D eigenvalue weighted by atomic mass is 16.1. The van der Waals surface area contributed by atoms with E-state index in [1.807, 2.05) is 0 Å². The van der Waals surface area contributed by atoms with Crippen molar-refractivity contribution in [3.63, 3.8) is 0 Å². The fourth-order valence-electron chi connectivity index (χ4n) is 4.44. The summed E-state index contributed by atoms with van der Waals surface area (Å²) in [4.78, 5) is 12.9. The van der Waals surface area contributed by atoms with Gasteiger partial charge in [0, 0.05) is 42.5 Å². The Balaban J connectivity index is 1.75. The molecule has 1 aromatic heterocycles. The van der Waals surface area contributed by atoms with Crippen LogP contribution < -0.4 is 5.32 Å². The molecular weight excluding hydrogens is 404 g/mol. The van der Waals surface area contributed by atoms with E-state index in [4.69, 9.17) is 0 Å². The molecule has 0 unspecified atom stereocenters. The largest absolute Gasteiger partial charge is 0.356 e. The number of carbonyl (C=O) groups excluding carboxylic acids is 1. The lowest BCUT2D eigenvalue weighted by Gasteiger charge is -2.18. The van der Waals surface area contributed by atoms with Crippen molar-refractivity contribution in [2.75, 3.05) is 6.54 Å². The van der Waals surface area contributed by atoms with Crippen LogP contribution >= 0.6 is 0 Å². The molecule has 0 saturated heterocycles. The summed E-state index contributed by atoms with van der Waals surface area (Å²) < 4.78 is 2.32. The number of aryl methyl sites for hydroxylation is 2. The molecule has 0 aliphatic carbocycles. The number of hydrogen-bond donors (Lipinski definition) is 1. The maximum atomic E-state index is 12.9. The fourth-order valence-corrected chi connectivity index (χ4v) is 4.44. The van der Waals surface area contributed by atoms with E-state index >= 15 is 0 Å². The van der Waals surface area contributed by atoms with E-state index in [9.17, 15) is 4.79 Å². The molecule has 3 nitrogen and oxygen atoms in total. The van der Waals surface area contributed by atoms with E-state index in [1.54, 1.807) is 0 Å². The number of amides is 1. The van der Waals surface area contributed by atoms with E-state index in [0.717, 1.165) is 6.54 Å². The predicted molar refractivity (Wildman–Crippen MR) is 138 cm³/mol. The lowest BCUT2D eigenvalue weighted by Crippen LogP contribution is -2.28. The van der Waals surface area contributed by atoms with Gasteiger partial charge in [-0.15, -0.1) is 0 Å². The van der Waals surface area contributed by atoms with E-state index in [-0.39, 0.29) is 11.8 Å². The van der Waals surface area contributed by atoms with Crippen molar-refractivity contribution in [2.24, 2.45) is 5.92 Å². The monoisotopic (exact) mass is 438 g/mol. The van der Waals surface area contributed by atoms with Crippen LogP contribution in [0.3, 0.4) is 0 Å². The standard InChI is InChI=1S/C30H34N2O/c1-21(2)18-31-30(33)17-27(25-9-7-8-23(4)16-25)28-20-32(29-11-6-5-10-26(28)29)19-24-14-12-22(3)13-15-24/h5-16,20-21,27H,17-19H2,1-4H3,(H,31,33)/t27-/m1/s1. The van der Waals surface area contributed by atoms with Crippen molar-refractivity contribution < 1.29 is 4.79 Å².